The minimum absolute atomic E-state index is 0.590. The Morgan fingerprint density at radius 1 is 1.22 bits per heavy atom. The molecule has 2 nitrogen and oxygen atoms in total. The number of benzene rings is 1. The molecule has 1 saturated carbocycles. The van der Waals surface area contributed by atoms with Crippen molar-refractivity contribution in [2.75, 3.05) is 13.6 Å². The largest absolute Gasteiger partial charge is 0.313 e. The summed E-state index contributed by atoms with van der Waals surface area (Å²) in [6.07, 6.45) is 4.08. The van der Waals surface area contributed by atoms with Gasteiger partial charge in [0.05, 0.1) is 0 Å². The van der Waals surface area contributed by atoms with Gasteiger partial charge in [-0.1, -0.05) is 24.3 Å². The molecule has 1 aromatic rings. The molecule has 0 radical (unpaired) electrons. The van der Waals surface area contributed by atoms with E-state index in [-0.39, 0.29) is 0 Å². The highest BCUT2D eigenvalue weighted by Gasteiger charge is 2.34. The third-order valence-corrected chi connectivity index (χ3v) is 4.76. The van der Waals surface area contributed by atoms with Crippen LogP contribution in [-0.2, 0) is 6.54 Å². The molecular weight excluding hydrogens is 220 g/mol. The van der Waals surface area contributed by atoms with E-state index in [4.69, 9.17) is 0 Å². The first-order chi connectivity index (χ1) is 8.77. The lowest BCUT2D eigenvalue weighted by Gasteiger charge is -2.33. The van der Waals surface area contributed by atoms with Crippen LogP contribution in [0.25, 0.3) is 0 Å². The van der Waals surface area contributed by atoms with Crippen molar-refractivity contribution in [1.82, 2.24) is 10.2 Å². The molecule has 2 heteroatoms. The van der Waals surface area contributed by atoms with Crippen molar-refractivity contribution in [3.63, 3.8) is 0 Å². The van der Waals surface area contributed by atoms with Crippen molar-refractivity contribution >= 4 is 0 Å². The van der Waals surface area contributed by atoms with E-state index in [0.717, 1.165) is 25.0 Å². The molecular formula is C16H24N2. The topological polar surface area (TPSA) is 15.3 Å². The summed E-state index contributed by atoms with van der Waals surface area (Å²) in [5.41, 5.74) is 3.02. The highest BCUT2D eigenvalue weighted by Crippen LogP contribution is 2.39. The van der Waals surface area contributed by atoms with Gasteiger partial charge in [0, 0.05) is 18.6 Å². The summed E-state index contributed by atoms with van der Waals surface area (Å²) in [6.45, 7) is 4.55. The Labute approximate surface area is 110 Å². The highest BCUT2D eigenvalue weighted by molar-refractivity contribution is 5.31. The van der Waals surface area contributed by atoms with Gasteiger partial charge in [-0.2, -0.15) is 0 Å². The van der Waals surface area contributed by atoms with Gasteiger partial charge in [0.2, 0.25) is 0 Å². The Hall–Kier alpha value is -0.860. The van der Waals surface area contributed by atoms with E-state index in [0.29, 0.717) is 6.04 Å². The zero-order valence-electron chi connectivity index (χ0n) is 11.5. The van der Waals surface area contributed by atoms with Crippen molar-refractivity contribution in [2.24, 2.45) is 5.92 Å². The maximum Gasteiger partial charge on any atom is 0.0363 e. The molecule has 18 heavy (non-hydrogen) atoms. The molecule has 98 valence electrons. The van der Waals surface area contributed by atoms with Crippen LogP contribution in [0.3, 0.4) is 0 Å². The molecule has 3 rings (SSSR count). The molecule has 0 amide bonds. The number of hydrogen-bond acceptors (Lipinski definition) is 2. The highest BCUT2D eigenvalue weighted by atomic mass is 15.2. The van der Waals surface area contributed by atoms with Gasteiger partial charge >= 0.3 is 0 Å². The van der Waals surface area contributed by atoms with Gasteiger partial charge in [-0.05, 0) is 56.8 Å². The summed E-state index contributed by atoms with van der Waals surface area (Å²) < 4.78 is 0. The summed E-state index contributed by atoms with van der Waals surface area (Å²) in [5.74, 6) is 0.943. The molecule has 0 aromatic heterocycles. The number of nitrogens with one attached hydrogen (secondary N) is 1. The van der Waals surface area contributed by atoms with Gasteiger partial charge in [-0.25, -0.2) is 0 Å². The first-order valence-electron chi connectivity index (χ1n) is 7.28. The quantitative estimate of drug-likeness (QED) is 0.879. The van der Waals surface area contributed by atoms with E-state index in [1.807, 2.05) is 0 Å². The van der Waals surface area contributed by atoms with E-state index in [9.17, 15) is 0 Å². The van der Waals surface area contributed by atoms with Crippen LogP contribution in [0.4, 0.5) is 0 Å². The van der Waals surface area contributed by atoms with Crippen LogP contribution in [0.15, 0.2) is 24.3 Å². The molecule has 1 N–H and O–H groups in total. The van der Waals surface area contributed by atoms with Gasteiger partial charge in [0.1, 0.15) is 0 Å². The van der Waals surface area contributed by atoms with E-state index in [1.165, 1.54) is 30.4 Å². The average Bonchev–Trinajstić information content (AvgIpc) is 3.23. The van der Waals surface area contributed by atoms with Gasteiger partial charge in [0.15, 0.2) is 0 Å². The third-order valence-electron chi connectivity index (χ3n) is 4.76. The molecule has 2 aliphatic rings. The molecule has 1 aliphatic heterocycles. The Kier molecular flexibility index (Phi) is 3.40. The molecule has 0 spiro atoms. The lowest BCUT2D eigenvalue weighted by Crippen LogP contribution is -2.35. The van der Waals surface area contributed by atoms with Crippen molar-refractivity contribution in [2.45, 2.75) is 44.8 Å². The molecule has 2 atom stereocenters. The van der Waals surface area contributed by atoms with Crippen LogP contribution in [0, 0.1) is 5.92 Å². The SMILES string of the molecule is CC(C1CC1)N(C)C1CCNCc2ccccc21. The fourth-order valence-electron chi connectivity index (χ4n) is 3.26. The number of rotatable bonds is 3. The third kappa shape index (κ3) is 2.32. The second-order valence-corrected chi connectivity index (χ2v) is 5.92. The van der Waals surface area contributed by atoms with E-state index in [1.54, 1.807) is 0 Å². The van der Waals surface area contributed by atoms with Gasteiger partial charge in [-0.3, -0.25) is 4.90 Å². The molecule has 1 aromatic carbocycles. The van der Waals surface area contributed by atoms with Crippen molar-refractivity contribution < 1.29 is 0 Å². The standard InChI is InChI=1S/C16H24N2/c1-12(13-7-8-13)18(2)16-9-10-17-11-14-5-3-4-6-15(14)16/h3-6,12-13,16-17H,7-11H2,1-2H3. The number of hydrogen-bond donors (Lipinski definition) is 1. The second-order valence-electron chi connectivity index (χ2n) is 5.92. The second kappa shape index (κ2) is 5.02. The van der Waals surface area contributed by atoms with Crippen LogP contribution in [0.5, 0.6) is 0 Å². The fourth-order valence-corrected chi connectivity index (χ4v) is 3.26. The number of nitrogens with zero attached hydrogens (tertiary/aromatic N) is 1. The molecule has 2 unspecified atom stereocenters. The van der Waals surface area contributed by atoms with Crippen LogP contribution in [-0.4, -0.2) is 24.5 Å². The fraction of sp³-hybridized carbons (Fsp3) is 0.625. The normalized spacial score (nSPS) is 25.6. The minimum atomic E-state index is 0.590. The predicted octanol–water partition coefficient (Wildman–Crippen LogP) is 2.95. The van der Waals surface area contributed by atoms with E-state index in [2.05, 4.69) is 48.5 Å². The van der Waals surface area contributed by atoms with Gasteiger partial charge in [0.25, 0.3) is 0 Å². The Bertz CT molecular complexity index is 411. The molecule has 1 aliphatic carbocycles. The van der Waals surface area contributed by atoms with Crippen LogP contribution < -0.4 is 5.32 Å². The van der Waals surface area contributed by atoms with Crippen molar-refractivity contribution in [3.8, 4) is 0 Å². The summed E-state index contributed by atoms with van der Waals surface area (Å²) >= 11 is 0. The molecule has 0 bridgehead atoms. The number of fused-ring (bicyclic) bond motifs is 1. The van der Waals surface area contributed by atoms with Crippen LogP contribution >= 0.6 is 0 Å². The first kappa shape index (κ1) is 12.2. The Morgan fingerprint density at radius 3 is 2.78 bits per heavy atom. The summed E-state index contributed by atoms with van der Waals surface area (Å²) in [5, 5.41) is 3.55. The smallest absolute Gasteiger partial charge is 0.0363 e. The van der Waals surface area contributed by atoms with Crippen LogP contribution in [0.1, 0.15) is 43.4 Å². The zero-order chi connectivity index (χ0) is 12.5. The monoisotopic (exact) mass is 244 g/mol. The average molecular weight is 244 g/mol. The summed E-state index contributed by atoms with van der Waals surface area (Å²) in [4.78, 5) is 2.61. The van der Waals surface area contributed by atoms with Gasteiger partial charge in [-0.15, -0.1) is 0 Å². The molecule has 1 heterocycles. The maximum atomic E-state index is 3.55. The predicted molar refractivity (Wildman–Crippen MR) is 75.5 cm³/mol. The lowest BCUT2D eigenvalue weighted by molar-refractivity contribution is 0.160. The van der Waals surface area contributed by atoms with Crippen molar-refractivity contribution in [3.05, 3.63) is 35.4 Å². The first-order valence-corrected chi connectivity index (χ1v) is 7.28. The van der Waals surface area contributed by atoms with E-state index < -0.39 is 0 Å². The minimum Gasteiger partial charge on any atom is -0.313 e. The van der Waals surface area contributed by atoms with Crippen LogP contribution in [0.2, 0.25) is 0 Å². The Balaban J connectivity index is 1.86. The molecule has 1 fully saturated rings. The summed E-state index contributed by atoms with van der Waals surface area (Å²) in [6, 6.07) is 10.3. The van der Waals surface area contributed by atoms with E-state index >= 15 is 0 Å². The molecule has 0 saturated heterocycles. The summed E-state index contributed by atoms with van der Waals surface area (Å²) in [7, 11) is 2.32. The van der Waals surface area contributed by atoms with Gasteiger partial charge < -0.3 is 5.32 Å². The lowest BCUT2D eigenvalue weighted by atomic mass is 9.96. The van der Waals surface area contributed by atoms with Crippen molar-refractivity contribution in [1.29, 1.82) is 0 Å². The zero-order valence-corrected chi connectivity index (χ0v) is 11.5. The maximum absolute atomic E-state index is 3.55. The Morgan fingerprint density at radius 2 is 2.00 bits per heavy atom.